The predicted molar refractivity (Wildman–Crippen MR) is 136 cm³/mol. The van der Waals surface area contributed by atoms with Gasteiger partial charge in [0.15, 0.2) is 0 Å². The van der Waals surface area contributed by atoms with Crippen LogP contribution in [-0.2, 0) is 30.7 Å². The van der Waals surface area contributed by atoms with Crippen molar-refractivity contribution in [3.05, 3.63) is 155 Å². The Morgan fingerprint density at radius 3 is 1.83 bits per heavy atom. The standard InChI is InChI=1S/C13H9.C13H10.C6H7.2ClH.Zr/c1-3-7-12-10(5-1)9-11-6-2-4-8-13(11)12;1-3-7-12(8-4-1)11-13-9-5-2-6-10-13;1-6-4-2-3-5-6;;;/h1-5,7-8H,9H2;1-10H;2,4H,3H2,1H3;2*1H;/q-1;;-1;;;+2/p-2. The van der Waals surface area contributed by atoms with Crippen LogP contribution in [0.4, 0.5) is 0 Å². The van der Waals surface area contributed by atoms with Crippen molar-refractivity contribution in [2.75, 3.05) is 0 Å². The molecule has 0 aliphatic heterocycles. The molecule has 2 aliphatic rings. The van der Waals surface area contributed by atoms with Crippen LogP contribution in [0, 0.1) is 12.1 Å². The van der Waals surface area contributed by atoms with Gasteiger partial charge in [-0.1, -0.05) is 42.3 Å². The number of fused-ring (bicyclic) bond motifs is 3. The van der Waals surface area contributed by atoms with E-state index < -0.39 is 0 Å². The smallest absolute Gasteiger partial charge is 0.0253 e. The molecule has 0 fully saturated rings. The maximum absolute atomic E-state index is 3.30. The summed E-state index contributed by atoms with van der Waals surface area (Å²) < 4.78 is 1.42. The molecule has 2 aliphatic carbocycles. The van der Waals surface area contributed by atoms with Crippen molar-refractivity contribution in [3.8, 4) is 11.1 Å². The molecular weight excluding hydrogens is 546 g/mol. The third-order valence-electron chi connectivity index (χ3n) is 5.61. The van der Waals surface area contributed by atoms with Gasteiger partial charge in [0, 0.05) is 0 Å². The fourth-order valence-electron chi connectivity index (χ4n) is 3.89. The summed E-state index contributed by atoms with van der Waals surface area (Å²) in [4.78, 5) is 0. The minimum Gasteiger partial charge on any atom is -0.179 e. The van der Waals surface area contributed by atoms with Crippen molar-refractivity contribution >= 4 is 3.21 Å². The zero-order valence-corrected chi connectivity index (χ0v) is 23.6. The van der Waals surface area contributed by atoms with Gasteiger partial charge in [-0.2, -0.15) is 35.9 Å². The number of hydrogen-bond acceptors (Lipinski definition) is 0. The molecule has 0 saturated heterocycles. The molecule has 0 heterocycles. The molecule has 4 aromatic rings. The van der Waals surface area contributed by atoms with Crippen molar-refractivity contribution < 1.29 is 49.0 Å². The largest absolute Gasteiger partial charge is 0.179 e. The fourth-order valence-corrected chi connectivity index (χ4v) is 4.71. The quantitative estimate of drug-likeness (QED) is 0.282. The van der Waals surface area contributed by atoms with E-state index in [4.69, 9.17) is 0 Å². The summed E-state index contributed by atoms with van der Waals surface area (Å²) in [6.07, 6.45) is 9.38. The van der Waals surface area contributed by atoms with Crippen LogP contribution in [0.1, 0.15) is 35.6 Å². The van der Waals surface area contributed by atoms with Crippen LogP contribution in [0.5, 0.6) is 0 Å². The van der Waals surface area contributed by atoms with Gasteiger partial charge in [-0.3, -0.25) is 6.08 Å². The Balaban J connectivity index is 0.000000192. The van der Waals surface area contributed by atoms with Gasteiger partial charge in [0.1, 0.15) is 0 Å². The van der Waals surface area contributed by atoms with Crippen LogP contribution in [0.3, 0.4) is 0 Å². The van der Waals surface area contributed by atoms with Crippen LogP contribution in [0.15, 0.2) is 121 Å². The van der Waals surface area contributed by atoms with E-state index in [1.807, 2.05) is 6.07 Å². The Morgan fingerprint density at radius 1 is 0.714 bits per heavy atom. The first-order valence-corrected chi connectivity index (χ1v) is 12.5. The summed E-state index contributed by atoms with van der Waals surface area (Å²) in [7, 11) is 0. The average Bonchev–Trinajstić information content (AvgIpc) is 3.52. The topological polar surface area (TPSA) is 0 Å². The monoisotopic (exact) mass is 570 g/mol. The van der Waals surface area contributed by atoms with Gasteiger partial charge in [-0.05, 0) is 6.42 Å². The third kappa shape index (κ3) is 8.11. The van der Waals surface area contributed by atoms with E-state index in [0.29, 0.717) is 0 Å². The zero-order valence-electron chi connectivity index (χ0n) is 19.6. The van der Waals surface area contributed by atoms with Crippen LogP contribution in [-0.4, -0.2) is 3.21 Å². The molecule has 4 aromatic carbocycles. The molecule has 0 bridgehead atoms. The SMILES string of the molecule is CC1=[C-]CC=C1.[Cl-].[Cl-].[Zr+2]=[C](c1ccccc1)c1ccccc1.[c-]1cccc2c1Cc1ccccc1-2. The molecule has 6 rings (SSSR count). The molecule has 0 atom stereocenters. The van der Waals surface area contributed by atoms with E-state index in [1.54, 1.807) is 0 Å². The van der Waals surface area contributed by atoms with Crippen molar-refractivity contribution in [1.29, 1.82) is 0 Å². The minimum atomic E-state index is 0. The number of rotatable bonds is 2. The molecule has 174 valence electrons. The number of allylic oxidation sites excluding steroid dienone is 4. The summed E-state index contributed by atoms with van der Waals surface area (Å²) in [5.41, 5.74) is 9.44. The number of hydrogen-bond donors (Lipinski definition) is 0. The summed E-state index contributed by atoms with van der Waals surface area (Å²) in [6, 6.07) is 39.2. The first-order valence-electron chi connectivity index (χ1n) is 11.2. The van der Waals surface area contributed by atoms with Crippen molar-refractivity contribution in [1.82, 2.24) is 0 Å². The Hall–Kier alpha value is -2.31. The van der Waals surface area contributed by atoms with Crippen molar-refractivity contribution in [2.24, 2.45) is 0 Å². The van der Waals surface area contributed by atoms with E-state index >= 15 is 0 Å². The van der Waals surface area contributed by atoms with Gasteiger partial charge < -0.3 is 24.8 Å². The van der Waals surface area contributed by atoms with Crippen LogP contribution in [0.2, 0.25) is 0 Å². The summed E-state index contributed by atoms with van der Waals surface area (Å²) >= 11 is 1.46. The van der Waals surface area contributed by atoms with Crippen molar-refractivity contribution in [2.45, 2.75) is 19.8 Å². The second-order valence-electron chi connectivity index (χ2n) is 7.97. The molecule has 0 radical (unpaired) electrons. The molecule has 35 heavy (non-hydrogen) atoms. The first-order chi connectivity index (χ1) is 16.2. The van der Waals surface area contributed by atoms with E-state index in [-0.39, 0.29) is 24.8 Å². The maximum Gasteiger partial charge on any atom is -0.0253 e. The number of benzene rings is 4. The average molecular weight is 573 g/mol. The molecule has 0 spiro atoms. The van der Waals surface area contributed by atoms with Crippen LogP contribution < -0.4 is 24.8 Å². The maximum atomic E-state index is 3.30. The molecule has 3 heteroatoms. The van der Waals surface area contributed by atoms with Crippen LogP contribution in [0.25, 0.3) is 11.1 Å². The molecule has 0 nitrogen and oxygen atoms in total. The van der Waals surface area contributed by atoms with Crippen molar-refractivity contribution in [3.63, 3.8) is 0 Å². The van der Waals surface area contributed by atoms with Gasteiger partial charge >= 0.3 is 99.2 Å². The van der Waals surface area contributed by atoms with Gasteiger partial charge in [0.05, 0.1) is 0 Å². The Kier molecular flexibility index (Phi) is 12.4. The molecular formula is C32H26Cl2Zr-2. The van der Waals surface area contributed by atoms with Gasteiger partial charge in [0.25, 0.3) is 0 Å². The van der Waals surface area contributed by atoms with Gasteiger partial charge in [-0.25, -0.2) is 11.6 Å². The molecule has 0 saturated carbocycles. The summed E-state index contributed by atoms with van der Waals surface area (Å²) in [5, 5.41) is 0. The number of halogens is 2. The third-order valence-corrected chi connectivity index (χ3v) is 7.03. The second-order valence-corrected chi connectivity index (χ2v) is 9.20. The Labute approximate surface area is 237 Å². The molecule has 0 N–H and O–H groups in total. The zero-order chi connectivity index (χ0) is 22.9. The summed E-state index contributed by atoms with van der Waals surface area (Å²) in [6.45, 7) is 2.06. The predicted octanol–water partition coefficient (Wildman–Crippen LogP) is 1.56. The van der Waals surface area contributed by atoms with E-state index in [2.05, 4.69) is 128 Å². The van der Waals surface area contributed by atoms with Gasteiger partial charge in [-0.15, -0.1) is 12.0 Å². The van der Waals surface area contributed by atoms with Gasteiger partial charge in [0.2, 0.25) is 0 Å². The fraction of sp³-hybridized carbons (Fsp3) is 0.0938. The van der Waals surface area contributed by atoms with E-state index in [9.17, 15) is 0 Å². The first kappa shape index (κ1) is 28.9. The van der Waals surface area contributed by atoms with E-state index in [0.717, 1.165) is 12.8 Å². The molecule has 0 amide bonds. The molecule has 0 aromatic heterocycles. The minimum absolute atomic E-state index is 0. The normalized spacial score (nSPS) is 11.7. The van der Waals surface area contributed by atoms with E-state index in [1.165, 1.54) is 66.4 Å². The molecule has 0 unspecified atom stereocenters. The Bertz CT molecular complexity index is 1190. The van der Waals surface area contributed by atoms with Crippen LogP contribution >= 0.6 is 0 Å². The second kappa shape index (κ2) is 14.9. The Morgan fingerprint density at radius 2 is 1.29 bits per heavy atom. The summed E-state index contributed by atoms with van der Waals surface area (Å²) in [5.74, 6) is 0.